The molecule has 0 aromatic heterocycles. The first-order valence-electron chi connectivity index (χ1n) is 6.84. The van der Waals surface area contributed by atoms with Gasteiger partial charge in [0.2, 0.25) is 0 Å². The summed E-state index contributed by atoms with van der Waals surface area (Å²) in [4.78, 5) is 13.6. The van der Waals surface area contributed by atoms with Gasteiger partial charge >= 0.3 is 5.97 Å². The average molecular weight is 241 g/mol. The highest BCUT2D eigenvalue weighted by molar-refractivity contribution is 5.71. The number of carboxylic acid groups (broad SMARTS) is 1. The average Bonchev–Trinajstić information content (AvgIpc) is 2.25. The summed E-state index contributed by atoms with van der Waals surface area (Å²) in [7, 11) is 4.05. The number of rotatable bonds is 5. The summed E-state index contributed by atoms with van der Waals surface area (Å²) in [5.41, 5.74) is 0. The summed E-state index contributed by atoms with van der Waals surface area (Å²) >= 11 is 0. The molecular weight excluding hydrogens is 214 g/mol. The topological polar surface area (TPSA) is 40.5 Å². The third-order valence-electron chi connectivity index (χ3n) is 4.10. The van der Waals surface area contributed by atoms with Crippen LogP contribution in [0.2, 0.25) is 0 Å². The van der Waals surface area contributed by atoms with E-state index in [0.717, 1.165) is 0 Å². The largest absolute Gasteiger partial charge is 0.481 e. The first kappa shape index (κ1) is 14.5. The molecule has 1 aliphatic carbocycles. The quantitative estimate of drug-likeness (QED) is 0.804. The molecule has 1 saturated carbocycles. The molecule has 2 unspecified atom stereocenters. The lowest BCUT2D eigenvalue weighted by molar-refractivity contribution is -0.147. The van der Waals surface area contributed by atoms with Crippen molar-refractivity contribution in [2.24, 2.45) is 17.8 Å². The number of hydrogen-bond donors (Lipinski definition) is 1. The lowest BCUT2D eigenvalue weighted by Gasteiger charge is -2.39. The molecule has 0 spiro atoms. The van der Waals surface area contributed by atoms with Crippen LogP contribution < -0.4 is 0 Å². The van der Waals surface area contributed by atoms with E-state index in [9.17, 15) is 9.90 Å². The minimum atomic E-state index is -0.635. The molecule has 0 aromatic carbocycles. The summed E-state index contributed by atoms with van der Waals surface area (Å²) in [6.45, 7) is 4.05. The Morgan fingerprint density at radius 1 is 1.18 bits per heavy atom. The zero-order valence-corrected chi connectivity index (χ0v) is 11.6. The molecule has 0 aliphatic heterocycles. The SMILES string of the molecule is CC(C)C(C(=O)O)C(C1CCCCC1)N(C)C. The van der Waals surface area contributed by atoms with Crippen LogP contribution in [-0.2, 0) is 4.79 Å². The number of hydrogen-bond acceptors (Lipinski definition) is 2. The zero-order valence-electron chi connectivity index (χ0n) is 11.6. The van der Waals surface area contributed by atoms with Crippen molar-refractivity contribution in [3.05, 3.63) is 0 Å². The molecular formula is C14H27NO2. The van der Waals surface area contributed by atoms with Crippen LogP contribution in [0, 0.1) is 17.8 Å². The maximum atomic E-state index is 11.5. The van der Waals surface area contributed by atoms with Crippen LogP contribution in [0.4, 0.5) is 0 Å². The highest BCUT2D eigenvalue weighted by atomic mass is 16.4. The number of carbonyl (C=O) groups is 1. The fourth-order valence-corrected chi connectivity index (χ4v) is 3.34. The summed E-state index contributed by atoms with van der Waals surface area (Å²) < 4.78 is 0. The molecule has 17 heavy (non-hydrogen) atoms. The van der Waals surface area contributed by atoms with Gasteiger partial charge in [-0.25, -0.2) is 0 Å². The van der Waals surface area contributed by atoms with E-state index in [1.807, 2.05) is 27.9 Å². The van der Waals surface area contributed by atoms with E-state index in [1.54, 1.807) is 0 Å². The van der Waals surface area contributed by atoms with Gasteiger partial charge in [-0.05, 0) is 38.8 Å². The molecule has 0 bridgehead atoms. The summed E-state index contributed by atoms with van der Waals surface area (Å²) in [6.07, 6.45) is 6.23. The van der Waals surface area contributed by atoms with Crippen LogP contribution in [-0.4, -0.2) is 36.1 Å². The maximum Gasteiger partial charge on any atom is 0.308 e. The third-order valence-corrected chi connectivity index (χ3v) is 4.10. The van der Waals surface area contributed by atoms with Gasteiger partial charge in [-0.3, -0.25) is 4.79 Å². The maximum absolute atomic E-state index is 11.5. The number of carboxylic acids is 1. The molecule has 0 saturated heterocycles. The van der Waals surface area contributed by atoms with Crippen molar-refractivity contribution in [3.63, 3.8) is 0 Å². The number of aliphatic carboxylic acids is 1. The molecule has 0 radical (unpaired) electrons. The van der Waals surface area contributed by atoms with Crippen molar-refractivity contribution in [1.29, 1.82) is 0 Å². The Balaban J connectivity index is 2.85. The molecule has 3 heteroatoms. The predicted molar refractivity (Wildman–Crippen MR) is 70.0 cm³/mol. The van der Waals surface area contributed by atoms with E-state index in [2.05, 4.69) is 4.90 Å². The molecule has 0 amide bonds. The van der Waals surface area contributed by atoms with E-state index < -0.39 is 5.97 Å². The van der Waals surface area contributed by atoms with Crippen molar-refractivity contribution in [1.82, 2.24) is 4.90 Å². The van der Waals surface area contributed by atoms with Crippen LogP contribution >= 0.6 is 0 Å². The van der Waals surface area contributed by atoms with Crippen molar-refractivity contribution in [2.45, 2.75) is 52.0 Å². The Hall–Kier alpha value is -0.570. The van der Waals surface area contributed by atoms with E-state index in [-0.39, 0.29) is 17.9 Å². The Kier molecular flexibility index (Phi) is 5.44. The highest BCUT2D eigenvalue weighted by Crippen LogP contribution is 2.34. The first-order valence-corrected chi connectivity index (χ1v) is 6.84. The lowest BCUT2D eigenvalue weighted by Crippen LogP contribution is -2.47. The van der Waals surface area contributed by atoms with E-state index in [4.69, 9.17) is 0 Å². The van der Waals surface area contributed by atoms with E-state index in [1.165, 1.54) is 32.1 Å². The Morgan fingerprint density at radius 2 is 1.71 bits per heavy atom. The monoisotopic (exact) mass is 241 g/mol. The van der Waals surface area contributed by atoms with Crippen LogP contribution in [0.1, 0.15) is 46.0 Å². The molecule has 0 heterocycles. The molecule has 1 fully saturated rings. The molecule has 1 aliphatic rings. The fraction of sp³-hybridized carbons (Fsp3) is 0.929. The van der Waals surface area contributed by atoms with Crippen LogP contribution in [0.25, 0.3) is 0 Å². The van der Waals surface area contributed by atoms with E-state index in [0.29, 0.717) is 5.92 Å². The second-order valence-corrected chi connectivity index (χ2v) is 5.96. The van der Waals surface area contributed by atoms with Gasteiger partial charge in [-0.2, -0.15) is 0 Å². The molecule has 1 N–H and O–H groups in total. The zero-order chi connectivity index (χ0) is 13.0. The van der Waals surface area contributed by atoms with Gasteiger partial charge in [0, 0.05) is 6.04 Å². The second kappa shape index (κ2) is 6.39. The van der Waals surface area contributed by atoms with Crippen molar-refractivity contribution in [3.8, 4) is 0 Å². The summed E-state index contributed by atoms with van der Waals surface area (Å²) in [5.74, 6) is -0.124. The van der Waals surface area contributed by atoms with Crippen LogP contribution in [0.5, 0.6) is 0 Å². The predicted octanol–water partition coefficient (Wildman–Crippen LogP) is 2.85. The molecule has 1 rings (SSSR count). The smallest absolute Gasteiger partial charge is 0.308 e. The van der Waals surface area contributed by atoms with Gasteiger partial charge in [-0.15, -0.1) is 0 Å². The summed E-state index contributed by atoms with van der Waals surface area (Å²) in [5, 5.41) is 9.47. The van der Waals surface area contributed by atoms with Gasteiger partial charge in [0.15, 0.2) is 0 Å². The van der Waals surface area contributed by atoms with Gasteiger partial charge in [0.25, 0.3) is 0 Å². The van der Waals surface area contributed by atoms with Crippen molar-refractivity contribution >= 4 is 5.97 Å². The molecule has 3 nitrogen and oxygen atoms in total. The van der Waals surface area contributed by atoms with Crippen LogP contribution in [0.15, 0.2) is 0 Å². The minimum Gasteiger partial charge on any atom is -0.481 e. The van der Waals surface area contributed by atoms with Crippen LogP contribution in [0.3, 0.4) is 0 Å². The standard InChI is InChI=1S/C14H27NO2/c1-10(2)12(14(16)17)13(15(3)4)11-8-6-5-7-9-11/h10-13H,5-9H2,1-4H3,(H,16,17). The first-order chi connectivity index (χ1) is 7.95. The molecule has 100 valence electrons. The van der Waals surface area contributed by atoms with Gasteiger partial charge in [0.1, 0.15) is 0 Å². The van der Waals surface area contributed by atoms with Gasteiger partial charge in [0.05, 0.1) is 5.92 Å². The Bertz CT molecular complexity index is 245. The second-order valence-electron chi connectivity index (χ2n) is 5.96. The van der Waals surface area contributed by atoms with Gasteiger partial charge in [-0.1, -0.05) is 33.1 Å². The van der Waals surface area contributed by atoms with Crippen molar-refractivity contribution < 1.29 is 9.90 Å². The molecule has 0 aromatic rings. The van der Waals surface area contributed by atoms with E-state index >= 15 is 0 Å². The third kappa shape index (κ3) is 3.70. The van der Waals surface area contributed by atoms with Gasteiger partial charge < -0.3 is 10.0 Å². The fourth-order valence-electron chi connectivity index (χ4n) is 3.34. The number of nitrogens with zero attached hydrogens (tertiary/aromatic N) is 1. The Morgan fingerprint density at radius 3 is 2.06 bits per heavy atom. The highest BCUT2D eigenvalue weighted by Gasteiger charge is 2.37. The molecule has 2 atom stereocenters. The normalized spacial score (nSPS) is 21.8. The lowest BCUT2D eigenvalue weighted by atomic mass is 9.74. The van der Waals surface area contributed by atoms with Crippen molar-refractivity contribution in [2.75, 3.05) is 14.1 Å². The minimum absolute atomic E-state index is 0.188. The summed E-state index contributed by atoms with van der Waals surface area (Å²) in [6, 6.07) is 0.188. The Labute approximate surface area is 105 Å².